The molecule has 1 aromatic carbocycles. The quantitative estimate of drug-likeness (QED) is 0.839. The normalized spacial score (nSPS) is 12.8. The van der Waals surface area contributed by atoms with E-state index in [2.05, 4.69) is 27.3 Å². The minimum atomic E-state index is 0.259. The van der Waals surface area contributed by atoms with Gasteiger partial charge in [-0.15, -0.1) is 0 Å². The summed E-state index contributed by atoms with van der Waals surface area (Å²) in [6.45, 7) is 4.81. The van der Waals surface area contributed by atoms with Crippen molar-refractivity contribution in [1.82, 2.24) is 5.32 Å². The molecule has 0 aromatic heterocycles. The van der Waals surface area contributed by atoms with Gasteiger partial charge in [-0.2, -0.15) is 0 Å². The first kappa shape index (κ1) is 15.5. The molecule has 0 heterocycles. The molecule has 18 heavy (non-hydrogen) atoms. The van der Waals surface area contributed by atoms with Gasteiger partial charge >= 0.3 is 0 Å². The van der Waals surface area contributed by atoms with E-state index in [0.717, 1.165) is 16.6 Å². The number of hydrogen-bond donors (Lipinski definition) is 1. The van der Waals surface area contributed by atoms with Crippen molar-refractivity contribution in [2.75, 3.05) is 20.8 Å². The molecule has 0 radical (unpaired) electrons. The van der Waals surface area contributed by atoms with Gasteiger partial charge in [-0.3, -0.25) is 0 Å². The first-order valence-corrected chi connectivity index (χ1v) is 6.97. The van der Waals surface area contributed by atoms with Crippen molar-refractivity contribution in [1.29, 1.82) is 0 Å². The lowest BCUT2D eigenvalue weighted by molar-refractivity contribution is 0.0627. The number of ether oxygens (including phenoxy) is 2. The van der Waals surface area contributed by atoms with Gasteiger partial charge in [0.15, 0.2) is 0 Å². The summed E-state index contributed by atoms with van der Waals surface area (Å²) in [6.07, 6.45) is 1.16. The summed E-state index contributed by atoms with van der Waals surface area (Å²) in [7, 11) is 3.65. The lowest BCUT2D eigenvalue weighted by atomic mass is 10.1. The monoisotopic (exact) mass is 315 g/mol. The third-order valence-corrected chi connectivity index (χ3v) is 3.53. The van der Waals surface area contributed by atoms with Crippen LogP contribution in [0.5, 0.6) is 5.75 Å². The van der Waals surface area contributed by atoms with Crippen molar-refractivity contribution >= 4 is 15.9 Å². The molecule has 0 aliphatic heterocycles. The Balaban J connectivity index is 2.68. The number of hydrogen-bond acceptors (Lipinski definition) is 3. The van der Waals surface area contributed by atoms with Gasteiger partial charge in [-0.1, -0.05) is 15.9 Å². The van der Waals surface area contributed by atoms with Crippen LogP contribution in [0.25, 0.3) is 0 Å². The molecule has 4 heteroatoms. The van der Waals surface area contributed by atoms with Gasteiger partial charge < -0.3 is 14.8 Å². The number of likely N-dealkylation sites (N-methyl/N-ethyl adjacent to an activating group) is 1. The van der Waals surface area contributed by atoms with E-state index >= 15 is 0 Å². The van der Waals surface area contributed by atoms with Crippen molar-refractivity contribution in [2.45, 2.75) is 32.4 Å². The number of benzene rings is 1. The maximum Gasteiger partial charge on any atom is 0.119 e. The second-order valence-corrected chi connectivity index (χ2v) is 5.38. The summed E-state index contributed by atoms with van der Waals surface area (Å²) in [6, 6.07) is 6.33. The molecule has 0 saturated carbocycles. The van der Waals surface area contributed by atoms with Crippen LogP contribution >= 0.6 is 15.9 Å². The Kier molecular flexibility index (Phi) is 6.68. The Labute approximate surface area is 118 Å². The first-order valence-electron chi connectivity index (χ1n) is 6.18. The molecule has 102 valence electrons. The van der Waals surface area contributed by atoms with Gasteiger partial charge in [0.05, 0.1) is 19.8 Å². The molecule has 1 unspecified atom stereocenters. The zero-order valence-corrected chi connectivity index (χ0v) is 13.1. The van der Waals surface area contributed by atoms with Crippen molar-refractivity contribution in [3.63, 3.8) is 0 Å². The van der Waals surface area contributed by atoms with Gasteiger partial charge in [0.2, 0.25) is 0 Å². The Bertz CT molecular complexity index is 369. The van der Waals surface area contributed by atoms with Gasteiger partial charge in [-0.25, -0.2) is 0 Å². The van der Waals surface area contributed by atoms with E-state index in [-0.39, 0.29) is 6.10 Å². The van der Waals surface area contributed by atoms with E-state index in [4.69, 9.17) is 9.47 Å². The molecule has 0 bridgehead atoms. The molecule has 0 aliphatic rings. The highest BCUT2D eigenvalue weighted by Gasteiger charge is 2.11. The lowest BCUT2D eigenvalue weighted by Gasteiger charge is -2.19. The van der Waals surface area contributed by atoms with Crippen molar-refractivity contribution in [3.05, 3.63) is 28.2 Å². The fourth-order valence-electron chi connectivity index (χ4n) is 1.65. The summed E-state index contributed by atoms with van der Waals surface area (Å²) < 4.78 is 12.0. The van der Waals surface area contributed by atoms with Crippen LogP contribution in [0.15, 0.2) is 22.7 Å². The van der Waals surface area contributed by atoms with Gasteiger partial charge in [0, 0.05) is 10.5 Å². The zero-order valence-electron chi connectivity index (χ0n) is 11.5. The summed E-state index contributed by atoms with van der Waals surface area (Å²) in [5.41, 5.74) is 1.22. The first-order chi connectivity index (χ1) is 8.56. The van der Waals surface area contributed by atoms with Crippen LogP contribution in [0, 0.1) is 0 Å². The molecule has 3 nitrogen and oxygen atoms in total. The predicted molar refractivity (Wildman–Crippen MR) is 78.3 cm³/mol. The average molecular weight is 316 g/mol. The fraction of sp³-hybridized carbons (Fsp3) is 0.571. The molecule has 1 rings (SSSR count). The fourth-order valence-corrected chi connectivity index (χ4v) is 2.06. The maximum absolute atomic E-state index is 5.65. The number of nitrogens with one attached hydrogen (secondary N) is 1. The molecule has 0 fully saturated rings. The highest BCUT2D eigenvalue weighted by atomic mass is 79.9. The van der Waals surface area contributed by atoms with Crippen LogP contribution in [0.2, 0.25) is 0 Å². The van der Waals surface area contributed by atoms with E-state index in [1.165, 1.54) is 5.56 Å². The van der Waals surface area contributed by atoms with Crippen molar-refractivity contribution in [3.8, 4) is 5.75 Å². The van der Waals surface area contributed by atoms with E-state index < -0.39 is 0 Å². The number of methoxy groups -OCH3 is 1. The van der Waals surface area contributed by atoms with E-state index in [1.54, 1.807) is 7.11 Å². The van der Waals surface area contributed by atoms with Crippen LogP contribution in [-0.4, -0.2) is 32.9 Å². The van der Waals surface area contributed by atoms with E-state index in [0.29, 0.717) is 12.6 Å². The molecular formula is C14H22BrNO2. The molecule has 0 amide bonds. The van der Waals surface area contributed by atoms with Crippen LogP contribution in [-0.2, 0) is 11.2 Å². The SMILES string of the molecule is CNC(COC(C)C)Cc1cc(OC)ccc1Br. The number of halogens is 1. The smallest absolute Gasteiger partial charge is 0.119 e. The molecular weight excluding hydrogens is 294 g/mol. The zero-order chi connectivity index (χ0) is 13.5. The highest BCUT2D eigenvalue weighted by molar-refractivity contribution is 9.10. The maximum atomic E-state index is 5.65. The largest absolute Gasteiger partial charge is 0.497 e. The van der Waals surface area contributed by atoms with Crippen LogP contribution in [0.3, 0.4) is 0 Å². The molecule has 1 aromatic rings. The third-order valence-electron chi connectivity index (χ3n) is 2.76. The minimum absolute atomic E-state index is 0.259. The summed E-state index contributed by atoms with van der Waals surface area (Å²) >= 11 is 3.57. The Morgan fingerprint density at radius 1 is 1.33 bits per heavy atom. The molecule has 1 N–H and O–H groups in total. The van der Waals surface area contributed by atoms with Crippen LogP contribution < -0.4 is 10.1 Å². The summed E-state index contributed by atoms with van der Waals surface area (Å²) in [5, 5.41) is 3.28. The van der Waals surface area contributed by atoms with Gasteiger partial charge in [0.25, 0.3) is 0 Å². The van der Waals surface area contributed by atoms with Crippen molar-refractivity contribution < 1.29 is 9.47 Å². The molecule has 1 atom stereocenters. The topological polar surface area (TPSA) is 30.5 Å². The summed E-state index contributed by atoms with van der Waals surface area (Å²) in [4.78, 5) is 0. The standard InChI is InChI=1S/C14H22BrNO2/c1-10(2)18-9-12(16-3)7-11-8-13(17-4)5-6-14(11)15/h5-6,8,10,12,16H,7,9H2,1-4H3. The molecule has 0 saturated heterocycles. The second kappa shape index (κ2) is 7.77. The lowest BCUT2D eigenvalue weighted by Crippen LogP contribution is -2.33. The number of rotatable bonds is 7. The van der Waals surface area contributed by atoms with E-state index in [1.807, 2.05) is 33.0 Å². The third kappa shape index (κ3) is 4.96. The van der Waals surface area contributed by atoms with Gasteiger partial charge in [0.1, 0.15) is 5.75 Å². The van der Waals surface area contributed by atoms with Gasteiger partial charge in [-0.05, 0) is 51.1 Å². The highest BCUT2D eigenvalue weighted by Crippen LogP contribution is 2.23. The predicted octanol–water partition coefficient (Wildman–Crippen LogP) is 3.01. The van der Waals surface area contributed by atoms with E-state index in [9.17, 15) is 0 Å². The average Bonchev–Trinajstić information content (AvgIpc) is 2.36. The van der Waals surface area contributed by atoms with Crippen LogP contribution in [0.4, 0.5) is 0 Å². The van der Waals surface area contributed by atoms with Crippen molar-refractivity contribution in [2.24, 2.45) is 0 Å². The summed E-state index contributed by atoms with van der Waals surface area (Å²) in [5.74, 6) is 0.882. The van der Waals surface area contributed by atoms with Crippen LogP contribution in [0.1, 0.15) is 19.4 Å². The Morgan fingerprint density at radius 2 is 2.06 bits per heavy atom. The molecule has 0 spiro atoms. The minimum Gasteiger partial charge on any atom is -0.497 e. The Hall–Kier alpha value is -0.580. The second-order valence-electron chi connectivity index (χ2n) is 4.53. The Morgan fingerprint density at radius 3 is 2.61 bits per heavy atom. The molecule has 0 aliphatic carbocycles.